The van der Waals surface area contributed by atoms with Crippen LogP contribution < -0.4 is 0 Å². The molecule has 0 saturated heterocycles. The van der Waals surface area contributed by atoms with Crippen LogP contribution in [0.25, 0.3) is 0 Å². The number of hydrogen-bond donors (Lipinski definition) is 0. The summed E-state index contributed by atoms with van der Waals surface area (Å²) in [6.45, 7) is 5.21. The van der Waals surface area contributed by atoms with Crippen LogP contribution in [-0.4, -0.2) is 25.3 Å². The molecule has 0 amide bonds. The highest BCUT2D eigenvalue weighted by molar-refractivity contribution is 5.92. The van der Waals surface area contributed by atoms with E-state index in [-0.39, 0.29) is 10.8 Å². The van der Waals surface area contributed by atoms with Gasteiger partial charge in [0.2, 0.25) is 0 Å². The highest BCUT2D eigenvalue weighted by Gasteiger charge is 2.61. The predicted octanol–water partition coefficient (Wildman–Crippen LogP) is 3.96. The lowest BCUT2D eigenvalue weighted by Crippen LogP contribution is -2.56. The Balaban J connectivity index is 1.76. The molecule has 4 rings (SSSR count). The minimum Gasteiger partial charge on any atom is -0.384 e. The second kappa shape index (κ2) is 5.52. The molecule has 0 aromatic heterocycles. The molecule has 0 heterocycles. The van der Waals surface area contributed by atoms with Crippen LogP contribution >= 0.6 is 0 Å². The first kappa shape index (κ1) is 16.5. The molecule has 6 atom stereocenters. The van der Waals surface area contributed by atoms with Crippen LogP contribution in [0.1, 0.15) is 58.8 Å². The van der Waals surface area contributed by atoms with Crippen molar-refractivity contribution in [1.82, 2.24) is 0 Å². The summed E-state index contributed by atoms with van der Waals surface area (Å²) in [6, 6.07) is 0. The maximum absolute atomic E-state index is 12.5. The lowest BCUT2D eigenvalue weighted by atomic mass is 9.45. The van der Waals surface area contributed by atoms with Crippen molar-refractivity contribution in [3.8, 4) is 0 Å². The number of methoxy groups -OCH3 is 1. The van der Waals surface area contributed by atoms with E-state index in [1.54, 1.807) is 7.11 Å². The molecule has 0 radical (unpaired) electrons. The van der Waals surface area contributed by atoms with E-state index in [0.29, 0.717) is 41.7 Å². The topological polar surface area (TPSA) is 43.4 Å². The summed E-state index contributed by atoms with van der Waals surface area (Å²) in [4.78, 5) is 24.7. The third-order valence-electron chi connectivity index (χ3n) is 8.26. The molecule has 24 heavy (non-hydrogen) atoms. The molecule has 3 heteroatoms. The third kappa shape index (κ3) is 2.00. The Labute approximate surface area is 145 Å². The summed E-state index contributed by atoms with van der Waals surface area (Å²) in [5, 5.41) is 0. The summed E-state index contributed by atoms with van der Waals surface area (Å²) in [5.74, 6) is 2.88. The van der Waals surface area contributed by atoms with Crippen molar-refractivity contribution in [2.75, 3.05) is 13.7 Å². The summed E-state index contributed by atoms with van der Waals surface area (Å²) in [6.07, 6.45) is 8.75. The molecule has 132 valence electrons. The number of rotatable bonds is 2. The van der Waals surface area contributed by atoms with E-state index in [1.807, 2.05) is 6.08 Å². The van der Waals surface area contributed by atoms with E-state index in [0.717, 1.165) is 45.1 Å². The first-order valence-electron chi connectivity index (χ1n) is 9.69. The fourth-order valence-electron chi connectivity index (χ4n) is 7.10. The van der Waals surface area contributed by atoms with Crippen molar-refractivity contribution in [3.05, 3.63) is 11.6 Å². The van der Waals surface area contributed by atoms with Gasteiger partial charge < -0.3 is 4.74 Å². The highest BCUT2D eigenvalue weighted by atomic mass is 16.5. The zero-order chi connectivity index (χ0) is 17.1. The Morgan fingerprint density at radius 2 is 1.96 bits per heavy atom. The van der Waals surface area contributed by atoms with Gasteiger partial charge in [0.25, 0.3) is 0 Å². The molecule has 3 nitrogen and oxygen atoms in total. The van der Waals surface area contributed by atoms with Gasteiger partial charge in [0.1, 0.15) is 5.78 Å². The summed E-state index contributed by atoms with van der Waals surface area (Å²) in [7, 11) is 1.80. The number of ketones is 2. The summed E-state index contributed by atoms with van der Waals surface area (Å²) in [5.41, 5.74) is 1.30. The summed E-state index contributed by atoms with van der Waals surface area (Å²) >= 11 is 0. The molecule has 0 N–H and O–H groups in total. The zero-order valence-corrected chi connectivity index (χ0v) is 15.3. The quantitative estimate of drug-likeness (QED) is 0.770. The lowest BCUT2D eigenvalue weighted by molar-refractivity contribution is -0.137. The molecular weight excluding hydrogens is 300 g/mol. The van der Waals surface area contributed by atoms with Crippen LogP contribution in [0.15, 0.2) is 11.6 Å². The molecule has 0 spiro atoms. The molecular formula is C21H30O3. The van der Waals surface area contributed by atoms with Crippen molar-refractivity contribution in [3.63, 3.8) is 0 Å². The second-order valence-corrected chi connectivity index (χ2v) is 9.05. The average Bonchev–Trinajstić information content (AvgIpc) is 2.84. The van der Waals surface area contributed by atoms with Crippen LogP contribution in [0, 0.1) is 34.5 Å². The van der Waals surface area contributed by atoms with Crippen molar-refractivity contribution in [1.29, 1.82) is 0 Å². The van der Waals surface area contributed by atoms with Gasteiger partial charge in [-0.25, -0.2) is 0 Å². The first-order valence-corrected chi connectivity index (χ1v) is 9.69. The summed E-state index contributed by atoms with van der Waals surface area (Å²) < 4.78 is 5.73. The monoisotopic (exact) mass is 330 g/mol. The smallest absolute Gasteiger partial charge is 0.155 e. The van der Waals surface area contributed by atoms with E-state index in [1.165, 1.54) is 5.57 Å². The normalized spacial score (nSPS) is 47.7. The molecule has 3 fully saturated rings. The Morgan fingerprint density at radius 3 is 2.71 bits per heavy atom. The van der Waals surface area contributed by atoms with Crippen LogP contribution in [0.3, 0.4) is 0 Å². The predicted molar refractivity (Wildman–Crippen MR) is 92.5 cm³/mol. The van der Waals surface area contributed by atoms with Crippen molar-refractivity contribution in [2.45, 2.75) is 58.8 Å². The molecule has 0 bridgehead atoms. The van der Waals surface area contributed by atoms with Gasteiger partial charge in [0, 0.05) is 30.8 Å². The zero-order valence-electron chi connectivity index (χ0n) is 15.3. The molecule has 4 aliphatic rings. The third-order valence-corrected chi connectivity index (χ3v) is 8.26. The van der Waals surface area contributed by atoms with Gasteiger partial charge in [0.15, 0.2) is 5.78 Å². The fourth-order valence-corrected chi connectivity index (χ4v) is 7.10. The maximum Gasteiger partial charge on any atom is 0.155 e. The van der Waals surface area contributed by atoms with Crippen LogP contribution in [0.2, 0.25) is 0 Å². The second-order valence-electron chi connectivity index (χ2n) is 9.05. The van der Waals surface area contributed by atoms with Gasteiger partial charge in [-0.2, -0.15) is 0 Å². The minimum atomic E-state index is -0.0790. The molecule has 0 aromatic rings. The van der Waals surface area contributed by atoms with Gasteiger partial charge in [-0.05, 0) is 61.9 Å². The highest BCUT2D eigenvalue weighted by Crippen LogP contribution is 2.65. The number of carbonyl (C=O) groups is 2. The molecule has 3 saturated carbocycles. The van der Waals surface area contributed by atoms with E-state index in [4.69, 9.17) is 4.74 Å². The molecule has 0 aromatic carbocycles. The van der Waals surface area contributed by atoms with Gasteiger partial charge in [-0.3, -0.25) is 9.59 Å². The van der Waals surface area contributed by atoms with Crippen LogP contribution in [-0.2, 0) is 14.3 Å². The van der Waals surface area contributed by atoms with Crippen molar-refractivity contribution < 1.29 is 14.3 Å². The molecule has 0 aliphatic heterocycles. The van der Waals surface area contributed by atoms with Crippen molar-refractivity contribution in [2.24, 2.45) is 34.5 Å². The number of fused-ring (bicyclic) bond motifs is 5. The Kier molecular flexibility index (Phi) is 3.80. The van der Waals surface area contributed by atoms with E-state index in [2.05, 4.69) is 13.8 Å². The van der Waals surface area contributed by atoms with E-state index < -0.39 is 0 Å². The SMILES string of the molecule is COC[C@@]12C(=CC(=O)C[C@H]1C)CC[C@@H]1[C@@H]2CC[C@]2(C)C(=O)CC[C@@H]12. The minimum absolute atomic E-state index is 0.0263. The average molecular weight is 330 g/mol. The molecule has 0 unspecified atom stereocenters. The fraction of sp³-hybridized carbons (Fsp3) is 0.810. The Hall–Kier alpha value is -0.960. The first-order chi connectivity index (χ1) is 11.4. The number of ether oxygens (including phenoxy) is 1. The lowest BCUT2D eigenvalue weighted by Gasteiger charge is -2.59. The van der Waals surface area contributed by atoms with Gasteiger partial charge in [-0.1, -0.05) is 19.4 Å². The van der Waals surface area contributed by atoms with Crippen molar-refractivity contribution >= 4 is 11.6 Å². The largest absolute Gasteiger partial charge is 0.384 e. The number of Topliss-reactive ketones (excluding diaryl/α,β-unsaturated/α-hetero) is 1. The number of hydrogen-bond acceptors (Lipinski definition) is 3. The van der Waals surface area contributed by atoms with Gasteiger partial charge in [-0.15, -0.1) is 0 Å². The molecule has 4 aliphatic carbocycles. The Morgan fingerprint density at radius 1 is 1.17 bits per heavy atom. The van der Waals surface area contributed by atoms with Gasteiger partial charge >= 0.3 is 0 Å². The number of carbonyl (C=O) groups excluding carboxylic acids is 2. The van der Waals surface area contributed by atoms with Crippen LogP contribution in [0.5, 0.6) is 0 Å². The van der Waals surface area contributed by atoms with E-state index >= 15 is 0 Å². The van der Waals surface area contributed by atoms with E-state index in [9.17, 15) is 9.59 Å². The Bertz CT molecular complexity index is 606. The van der Waals surface area contributed by atoms with Crippen LogP contribution in [0.4, 0.5) is 0 Å². The maximum atomic E-state index is 12.5. The van der Waals surface area contributed by atoms with Gasteiger partial charge in [0.05, 0.1) is 6.61 Å². The standard InChI is InChI=1S/C21H30O3/c1-13-10-15(22)11-14-4-5-16-17-6-7-19(23)20(17,2)9-8-18(16)21(13,14)12-24-3/h11,13,16-18H,4-10,12H2,1-3H3/t13-,16+,17+,18+,20+,21+/m1/s1.